The van der Waals surface area contributed by atoms with Gasteiger partial charge >= 0.3 is 5.82 Å². The molecule has 1 aromatic heterocycles. The van der Waals surface area contributed by atoms with E-state index >= 15 is 0 Å². The molecule has 0 aliphatic rings. The Morgan fingerprint density at radius 1 is 1.31 bits per heavy atom. The van der Waals surface area contributed by atoms with Gasteiger partial charge in [-0.3, -0.25) is 5.73 Å². The van der Waals surface area contributed by atoms with Crippen molar-refractivity contribution in [1.29, 1.82) is 5.26 Å². The van der Waals surface area contributed by atoms with E-state index in [1.54, 1.807) is 0 Å². The highest BCUT2D eigenvalue weighted by Gasteiger charge is 2.12. The van der Waals surface area contributed by atoms with Crippen LogP contribution in [0.15, 0.2) is 36.5 Å². The van der Waals surface area contributed by atoms with Crippen molar-refractivity contribution in [2.24, 2.45) is 0 Å². The average Bonchev–Trinajstić information content (AvgIpc) is 2.33. The molecule has 0 amide bonds. The molecule has 0 saturated heterocycles. The minimum atomic E-state index is -0.123. The van der Waals surface area contributed by atoms with Crippen LogP contribution >= 0.6 is 0 Å². The number of nitrogens with two attached hydrogens (primary N) is 1. The fraction of sp³-hybridized carbons (Fsp3) is 0. The molecule has 16 heavy (non-hydrogen) atoms. The van der Waals surface area contributed by atoms with Gasteiger partial charge in [-0.25, -0.2) is 0 Å². The van der Waals surface area contributed by atoms with Crippen molar-refractivity contribution in [3.8, 4) is 17.3 Å². The molecule has 2 aromatic rings. The summed E-state index contributed by atoms with van der Waals surface area (Å²) < 4.78 is 0.484. The molecule has 0 spiro atoms. The highest BCUT2D eigenvalue weighted by molar-refractivity contribution is 5.58. The number of H-pyrrole nitrogens is 1. The van der Waals surface area contributed by atoms with Crippen molar-refractivity contribution >= 4 is 5.82 Å². The summed E-state index contributed by atoms with van der Waals surface area (Å²) in [6.07, 6.45) is 1.31. The minimum absolute atomic E-state index is 0.0661. The summed E-state index contributed by atoms with van der Waals surface area (Å²) in [6.45, 7) is 0. The Morgan fingerprint density at radius 3 is 2.62 bits per heavy atom. The van der Waals surface area contributed by atoms with Gasteiger partial charge in [-0.1, -0.05) is 35.2 Å². The SMILES string of the molecule is N#Cc1[nH]c(-c2ccccc2)c[n+](=O)c1N. The fourth-order valence-electron chi connectivity index (χ4n) is 1.38. The molecule has 0 atom stereocenters. The molecule has 2 rings (SSSR count). The number of rotatable bonds is 1. The Balaban J connectivity index is 2.66. The largest absolute Gasteiger partial charge is 0.351 e. The van der Waals surface area contributed by atoms with E-state index in [9.17, 15) is 4.91 Å². The van der Waals surface area contributed by atoms with Crippen LogP contribution in [0.3, 0.4) is 0 Å². The number of nitrogens with one attached hydrogen (secondary N) is 1. The molecular formula is C11H9N4O+. The molecule has 1 heterocycles. The third kappa shape index (κ3) is 1.64. The van der Waals surface area contributed by atoms with Crippen LogP contribution in [0.25, 0.3) is 11.3 Å². The molecule has 78 valence electrons. The van der Waals surface area contributed by atoms with Crippen molar-refractivity contribution in [3.05, 3.63) is 47.1 Å². The summed E-state index contributed by atoms with van der Waals surface area (Å²) >= 11 is 0. The normalized spacial score (nSPS) is 9.69. The van der Waals surface area contributed by atoms with Gasteiger partial charge in [0.1, 0.15) is 6.07 Å². The summed E-state index contributed by atoms with van der Waals surface area (Å²) in [5.41, 5.74) is 6.88. The number of hydrogen-bond donors (Lipinski definition) is 2. The maximum Gasteiger partial charge on any atom is 0.351 e. The maximum absolute atomic E-state index is 11.4. The van der Waals surface area contributed by atoms with Crippen LogP contribution in [-0.2, 0) is 0 Å². The quantitative estimate of drug-likeness (QED) is 0.694. The molecular weight excluding hydrogens is 204 g/mol. The summed E-state index contributed by atoms with van der Waals surface area (Å²) in [5, 5.41) is 8.80. The van der Waals surface area contributed by atoms with Gasteiger partial charge in [0, 0.05) is 9.99 Å². The highest BCUT2D eigenvalue weighted by Crippen LogP contribution is 2.15. The van der Waals surface area contributed by atoms with Crippen molar-refractivity contribution in [3.63, 3.8) is 0 Å². The number of nitrogen functional groups attached to an aromatic ring is 1. The van der Waals surface area contributed by atoms with Crippen LogP contribution in [0.1, 0.15) is 5.69 Å². The Bertz CT molecular complexity index is 610. The van der Waals surface area contributed by atoms with Crippen LogP contribution < -0.4 is 10.2 Å². The smallest absolute Gasteiger partial charge is 0.336 e. The molecule has 1 aromatic carbocycles. The van der Waals surface area contributed by atoms with E-state index in [0.29, 0.717) is 10.1 Å². The van der Waals surface area contributed by atoms with Crippen molar-refractivity contribution in [2.45, 2.75) is 0 Å². The van der Waals surface area contributed by atoms with Gasteiger partial charge in [-0.2, -0.15) is 5.26 Å². The first-order valence-corrected chi connectivity index (χ1v) is 4.63. The predicted molar refractivity (Wildman–Crippen MR) is 58.7 cm³/mol. The van der Waals surface area contributed by atoms with Gasteiger partial charge in [-0.05, 0) is 0 Å². The molecule has 0 unspecified atom stereocenters. The van der Waals surface area contributed by atoms with Gasteiger partial charge in [0.15, 0.2) is 6.20 Å². The zero-order valence-corrected chi connectivity index (χ0v) is 8.34. The van der Waals surface area contributed by atoms with Crippen molar-refractivity contribution in [2.75, 3.05) is 5.73 Å². The number of hydrogen-bond acceptors (Lipinski definition) is 3. The van der Waals surface area contributed by atoms with Crippen LogP contribution in [-0.4, -0.2) is 4.98 Å². The van der Waals surface area contributed by atoms with Crippen molar-refractivity contribution in [1.82, 2.24) is 4.98 Å². The summed E-state index contributed by atoms with van der Waals surface area (Å²) in [6, 6.07) is 11.1. The van der Waals surface area contributed by atoms with Gasteiger partial charge in [0.25, 0.3) is 0 Å². The number of anilines is 1. The molecule has 0 aliphatic heterocycles. The second kappa shape index (κ2) is 3.87. The third-order valence-electron chi connectivity index (χ3n) is 2.20. The molecule has 3 N–H and O–H groups in total. The zero-order valence-electron chi connectivity index (χ0n) is 8.34. The Hall–Kier alpha value is -2.61. The molecule has 5 nitrogen and oxygen atoms in total. The average molecular weight is 213 g/mol. The Labute approximate surface area is 91.4 Å². The van der Waals surface area contributed by atoms with Crippen LogP contribution in [0.5, 0.6) is 0 Å². The van der Waals surface area contributed by atoms with Gasteiger partial charge in [0.05, 0.1) is 5.69 Å². The van der Waals surface area contributed by atoms with Gasteiger partial charge < -0.3 is 4.98 Å². The highest BCUT2D eigenvalue weighted by atomic mass is 16.3. The number of nitrogens with zero attached hydrogens (tertiary/aromatic N) is 2. The first-order valence-electron chi connectivity index (χ1n) is 4.63. The number of aromatic amines is 1. The topological polar surface area (TPSA) is 88.6 Å². The molecule has 0 fully saturated rings. The Kier molecular flexibility index (Phi) is 2.40. The van der Waals surface area contributed by atoms with Crippen LogP contribution in [0.2, 0.25) is 0 Å². The molecule has 5 heteroatoms. The standard InChI is InChI=1S/C11H9N4O/c12-6-9-11(13)15(16)7-10(14-9)8-4-2-1-3-5-8/h1-5,7H,13H2,(H,14,16)/q+1. The zero-order chi connectivity index (χ0) is 11.5. The summed E-state index contributed by atoms with van der Waals surface area (Å²) in [7, 11) is 0. The molecule has 0 saturated carbocycles. The summed E-state index contributed by atoms with van der Waals surface area (Å²) in [5.74, 6) is -0.123. The predicted octanol–water partition coefficient (Wildman–Crippen LogP) is 1.05. The lowest BCUT2D eigenvalue weighted by Gasteiger charge is -1.99. The first kappa shape index (κ1) is 9.93. The lowest BCUT2D eigenvalue weighted by atomic mass is 10.1. The van der Waals surface area contributed by atoms with Crippen LogP contribution in [0, 0.1) is 16.2 Å². The minimum Gasteiger partial charge on any atom is -0.336 e. The van der Waals surface area contributed by atoms with E-state index in [1.807, 2.05) is 36.4 Å². The van der Waals surface area contributed by atoms with E-state index in [4.69, 9.17) is 11.0 Å². The van der Waals surface area contributed by atoms with Crippen LogP contribution in [0.4, 0.5) is 5.82 Å². The van der Waals surface area contributed by atoms with Crippen molar-refractivity contribution < 1.29 is 4.43 Å². The van der Waals surface area contributed by atoms with E-state index in [2.05, 4.69) is 4.98 Å². The Morgan fingerprint density at radius 2 is 2.00 bits per heavy atom. The number of nitriles is 1. The fourth-order valence-corrected chi connectivity index (χ4v) is 1.38. The number of aromatic nitrogens is 2. The van der Waals surface area contributed by atoms with E-state index < -0.39 is 0 Å². The first-order chi connectivity index (χ1) is 7.72. The molecule has 0 aliphatic carbocycles. The van der Waals surface area contributed by atoms with Gasteiger partial charge in [-0.15, -0.1) is 0 Å². The van der Waals surface area contributed by atoms with Gasteiger partial charge in [0.2, 0.25) is 5.69 Å². The van der Waals surface area contributed by atoms with E-state index in [-0.39, 0.29) is 11.5 Å². The second-order valence-electron chi connectivity index (χ2n) is 3.23. The second-order valence-corrected chi connectivity index (χ2v) is 3.23. The number of benzene rings is 1. The van der Waals surface area contributed by atoms with E-state index in [1.165, 1.54) is 6.20 Å². The maximum atomic E-state index is 11.4. The lowest BCUT2D eigenvalue weighted by molar-refractivity contribution is -0.478. The molecule has 0 bridgehead atoms. The monoisotopic (exact) mass is 213 g/mol. The lowest BCUT2D eigenvalue weighted by Crippen LogP contribution is -2.22. The van der Waals surface area contributed by atoms with E-state index in [0.717, 1.165) is 5.56 Å². The molecule has 0 radical (unpaired) electrons. The third-order valence-corrected chi connectivity index (χ3v) is 2.20. The summed E-state index contributed by atoms with van der Waals surface area (Å²) in [4.78, 5) is 14.2.